The van der Waals surface area contributed by atoms with Crippen molar-refractivity contribution in [2.45, 2.75) is 6.92 Å². The highest BCUT2D eigenvalue weighted by Crippen LogP contribution is 2.27. The number of carboxylic acids is 1. The highest BCUT2D eigenvalue weighted by molar-refractivity contribution is 5.97. The van der Waals surface area contributed by atoms with Crippen molar-refractivity contribution < 1.29 is 19.4 Å². The zero-order valence-corrected chi connectivity index (χ0v) is 9.14. The van der Waals surface area contributed by atoms with Gasteiger partial charge in [0.05, 0.1) is 12.8 Å². The molecule has 0 aliphatic heterocycles. The summed E-state index contributed by atoms with van der Waals surface area (Å²) in [5.74, 6) is -0.938. The van der Waals surface area contributed by atoms with Crippen LogP contribution in [-0.2, 0) is 9.59 Å². The quantitative estimate of drug-likeness (QED) is 0.831. The number of ether oxygens (including phenoxy) is 1. The van der Waals surface area contributed by atoms with E-state index in [1.807, 2.05) is 0 Å². The minimum Gasteiger partial charge on any atom is -0.495 e. The zero-order chi connectivity index (χ0) is 12.1. The van der Waals surface area contributed by atoms with Gasteiger partial charge in [-0.2, -0.15) is 0 Å². The van der Waals surface area contributed by atoms with Gasteiger partial charge in [0.15, 0.2) is 0 Å². The van der Waals surface area contributed by atoms with Gasteiger partial charge in [0.25, 0.3) is 0 Å². The molecule has 0 heterocycles. The molecule has 1 aromatic carbocycles. The average molecular weight is 223 g/mol. The lowest BCUT2D eigenvalue weighted by molar-refractivity contribution is -0.136. The van der Waals surface area contributed by atoms with Gasteiger partial charge in [-0.1, -0.05) is 12.1 Å². The molecule has 0 fully saturated rings. The molecule has 1 aromatic rings. The van der Waals surface area contributed by atoms with Crippen molar-refractivity contribution in [2.24, 2.45) is 0 Å². The van der Waals surface area contributed by atoms with E-state index in [0.29, 0.717) is 11.4 Å². The standard InChI is InChI=1S/C11H13NO4/c1-8(13)12(7-11(14)15)9-5-3-4-6-10(9)16-2/h3-6H,7H2,1-2H3,(H,14,15). The number of rotatable bonds is 4. The highest BCUT2D eigenvalue weighted by atomic mass is 16.5. The first-order chi connectivity index (χ1) is 7.56. The molecule has 0 bridgehead atoms. The van der Waals surface area contributed by atoms with E-state index in [1.54, 1.807) is 24.3 Å². The normalized spacial score (nSPS) is 9.62. The number of nitrogens with zero attached hydrogens (tertiary/aromatic N) is 1. The fraction of sp³-hybridized carbons (Fsp3) is 0.273. The minimum absolute atomic E-state index is 0.341. The zero-order valence-electron chi connectivity index (χ0n) is 9.14. The van der Waals surface area contributed by atoms with E-state index in [1.165, 1.54) is 14.0 Å². The molecule has 0 atom stereocenters. The van der Waals surface area contributed by atoms with Crippen LogP contribution in [0.2, 0.25) is 0 Å². The van der Waals surface area contributed by atoms with Gasteiger partial charge in [-0.15, -0.1) is 0 Å². The molecule has 0 unspecified atom stereocenters. The SMILES string of the molecule is COc1ccccc1N(CC(=O)O)C(C)=O. The summed E-state index contributed by atoms with van der Waals surface area (Å²) < 4.78 is 5.07. The number of carbonyl (C=O) groups excluding carboxylic acids is 1. The predicted octanol–water partition coefficient (Wildman–Crippen LogP) is 1.13. The maximum atomic E-state index is 11.4. The van der Waals surface area contributed by atoms with Gasteiger partial charge in [-0.25, -0.2) is 0 Å². The molecule has 0 saturated heterocycles. The number of carboxylic acid groups (broad SMARTS) is 1. The van der Waals surface area contributed by atoms with E-state index in [0.717, 1.165) is 4.90 Å². The second-order valence-corrected chi connectivity index (χ2v) is 3.17. The second-order valence-electron chi connectivity index (χ2n) is 3.17. The third-order valence-electron chi connectivity index (χ3n) is 2.05. The van der Waals surface area contributed by atoms with Crippen LogP contribution in [0.5, 0.6) is 5.75 Å². The van der Waals surface area contributed by atoms with Gasteiger partial charge in [-0.05, 0) is 12.1 Å². The summed E-state index contributed by atoms with van der Waals surface area (Å²) in [6, 6.07) is 6.79. The number of methoxy groups -OCH3 is 1. The molecule has 1 rings (SSSR count). The average Bonchev–Trinajstić information content (AvgIpc) is 2.25. The Kier molecular flexibility index (Phi) is 3.88. The number of amides is 1. The molecule has 1 amide bonds. The lowest BCUT2D eigenvalue weighted by atomic mass is 10.2. The van der Waals surface area contributed by atoms with Crippen LogP contribution < -0.4 is 9.64 Å². The Bertz CT molecular complexity index is 403. The Hall–Kier alpha value is -2.04. The first-order valence-electron chi connectivity index (χ1n) is 4.69. The number of para-hydroxylation sites is 2. The largest absolute Gasteiger partial charge is 0.495 e. The lowest BCUT2D eigenvalue weighted by Gasteiger charge is -2.21. The van der Waals surface area contributed by atoms with E-state index in [2.05, 4.69) is 0 Å². The van der Waals surface area contributed by atoms with Crippen molar-refractivity contribution in [3.05, 3.63) is 24.3 Å². The summed E-state index contributed by atoms with van der Waals surface area (Å²) in [4.78, 5) is 23.2. The fourth-order valence-electron chi connectivity index (χ4n) is 1.35. The second kappa shape index (κ2) is 5.16. The summed E-state index contributed by atoms with van der Waals surface area (Å²) in [5, 5.41) is 8.72. The van der Waals surface area contributed by atoms with E-state index in [4.69, 9.17) is 9.84 Å². The van der Waals surface area contributed by atoms with Gasteiger partial charge in [0.2, 0.25) is 5.91 Å². The Morgan fingerprint density at radius 3 is 2.50 bits per heavy atom. The molecule has 0 saturated carbocycles. The van der Waals surface area contributed by atoms with Crippen molar-refractivity contribution >= 4 is 17.6 Å². The molecular weight excluding hydrogens is 210 g/mol. The molecule has 0 spiro atoms. The number of anilines is 1. The Balaban J connectivity index is 3.10. The van der Waals surface area contributed by atoms with Crippen molar-refractivity contribution in [2.75, 3.05) is 18.6 Å². The van der Waals surface area contributed by atoms with Crippen molar-refractivity contribution in [1.29, 1.82) is 0 Å². The Morgan fingerprint density at radius 1 is 1.38 bits per heavy atom. The van der Waals surface area contributed by atoms with Gasteiger partial charge in [-0.3, -0.25) is 14.5 Å². The molecule has 0 aromatic heterocycles. The Morgan fingerprint density at radius 2 is 2.00 bits per heavy atom. The molecule has 0 aliphatic carbocycles. The van der Waals surface area contributed by atoms with E-state index in [9.17, 15) is 9.59 Å². The van der Waals surface area contributed by atoms with Gasteiger partial charge in [0, 0.05) is 6.92 Å². The maximum Gasteiger partial charge on any atom is 0.323 e. The molecule has 5 heteroatoms. The number of hydrogen-bond donors (Lipinski definition) is 1. The highest BCUT2D eigenvalue weighted by Gasteiger charge is 2.18. The minimum atomic E-state index is -1.07. The van der Waals surface area contributed by atoms with Crippen molar-refractivity contribution in [3.63, 3.8) is 0 Å². The van der Waals surface area contributed by atoms with Crippen LogP contribution in [0.25, 0.3) is 0 Å². The van der Waals surface area contributed by atoms with Crippen molar-refractivity contribution in [3.8, 4) is 5.75 Å². The molecule has 86 valence electrons. The summed E-state index contributed by atoms with van der Waals surface area (Å²) in [6.07, 6.45) is 0. The van der Waals surface area contributed by atoms with E-state index < -0.39 is 5.97 Å². The molecule has 16 heavy (non-hydrogen) atoms. The first kappa shape index (κ1) is 12.0. The molecule has 5 nitrogen and oxygen atoms in total. The molecular formula is C11H13NO4. The van der Waals surface area contributed by atoms with Crippen LogP contribution >= 0.6 is 0 Å². The fourth-order valence-corrected chi connectivity index (χ4v) is 1.35. The summed E-state index contributed by atoms with van der Waals surface area (Å²) >= 11 is 0. The van der Waals surface area contributed by atoms with Gasteiger partial charge < -0.3 is 9.84 Å². The summed E-state index contributed by atoms with van der Waals surface area (Å²) in [7, 11) is 1.47. The number of carbonyl (C=O) groups is 2. The van der Waals surface area contributed by atoms with E-state index in [-0.39, 0.29) is 12.5 Å². The lowest BCUT2D eigenvalue weighted by Crippen LogP contribution is -2.34. The maximum absolute atomic E-state index is 11.4. The molecule has 0 aliphatic rings. The van der Waals surface area contributed by atoms with E-state index >= 15 is 0 Å². The third-order valence-corrected chi connectivity index (χ3v) is 2.05. The van der Waals surface area contributed by atoms with Crippen LogP contribution in [0.15, 0.2) is 24.3 Å². The number of hydrogen-bond acceptors (Lipinski definition) is 3. The third kappa shape index (κ3) is 2.73. The number of aliphatic carboxylic acids is 1. The van der Waals surface area contributed by atoms with Crippen LogP contribution in [0.4, 0.5) is 5.69 Å². The Labute approximate surface area is 93.2 Å². The predicted molar refractivity (Wildman–Crippen MR) is 58.7 cm³/mol. The monoisotopic (exact) mass is 223 g/mol. The summed E-state index contributed by atoms with van der Waals surface area (Å²) in [6.45, 7) is 0.936. The van der Waals surface area contributed by atoms with Gasteiger partial charge in [0.1, 0.15) is 12.3 Å². The topological polar surface area (TPSA) is 66.8 Å². The molecule has 1 N–H and O–H groups in total. The van der Waals surface area contributed by atoms with Crippen molar-refractivity contribution in [1.82, 2.24) is 0 Å². The summed E-state index contributed by atoms with van der Waals surface area (Å²) in [5.41, 5.74) is 0.458. The van der Waals surface area contributed by atoms with Gasteiger partial charge >= 0.3 is 5.97 Å². The smallest absolute Gasteiger partial charge is 0.323 e. The van der Waals surface area contributed by atoms with Crippen LogP contribution in [0, 0.1) is 0 Å². The van der Waals surface area contributed by atoms with Crippen LogP contribution in [-0.4, -0.2) is 30.6 Å². The van der Waals surface area contributed by atoms with Crippen LogP contribution in [0.1, 0.15) is 6.92 Å². The van der Waals surface area contributed by atoms with Crippen LogP contribution in [0.3, 0.4) is 0 Å². The molecule has 0 radical (unpaired) electrons. The first-order valence-corrected chi connectivity index (χ1v) is 4.69. The number of benzene rings is 1.